The van der Waals surface area contributed by atoms with Crippen LogP contribution in [0.3, 0.4) is 0 Å². The van der Waals surface area contributed by atoms with Crippen molar-refractivity contribution in [1.82, 2.24) is 0 Å². The summed E-state index contributed by atoms with van der Waals surface area (Å²) in [6.45, 7) is 0. The Balaban J connectivity index is 1.65. The molecular formula is C24H18NO7PS2. The fourth-order valence-corrected chi connectivity index (χ4v) is 5.14. The third-order valence-corrected chi connectivity index (χ3v) is 6.93. The van der Waals surface area contributed by atoms with Gasteiger partial charge in [-0.15, -0.1) is 9.24 Å². The molecule has 35 heavy (non-hydrogen) atoms. The van der Waals surface area contributed by atoms with E-state index in [1.807, 2.05) is 12.1 Å². The van der Waals surface area contributed by atoms with Gasteiger partial charge >= 0.3 is 16.6 Å². The molecule has 5 rings (SSSR count). The number of hydrogen-bond donors (Lipinski definition) is 1. The number of rotatable bonds is 4. The summed E-state index contributed by atoms with van der Waals surface area (Å²) in [5, 5.41) is -1.02. The standard InChI is InChI=1S/C24H18NO7PS2/c25-11-34-22(27)29-13-5-7-17-19(9-13)31-20-10-14(30-23(28)35-12-33)6-8-18(20)24(17)16-4-2-1-3-15(16)21(26)32-24/h1-10H,11-12,25,33H2. The molecule has 3 aromatic carbocycles. The number of hydrogen-bond acceptors (Lipinski definition) is 10. The van der Waals surface area contributed by atoms with Gasteiger partial charge < -0.3 is 24.7 Å². The highest BCUT2D eigenvalue weighted by atomic mass is 32.2. The van der Waals surface area contributed by atoms with E-state index in [9.17, 15) is 14.4 Å². The zero-order chi connectivity index (χ0) is 24.6. The molecule has 0 saturated heterocycles. The topological polar surface area (TPSA) is 114 Å². The Morgan fingerprint density at radius 3 is 2.09 bits per heavy atom. The van der Waals surface area contributed by atoms with Gasteiger partial charge in [-0.25, -0.2) is 14.4 Å². The quantitative estimate of drug-likeness (QED) is 0.266. The summed E-state index contributed by atoms with van der Waals surface area (Å²) in [4.78, 5) is 36.8. The Hall–Kier alpha value is -3.04. The van der Waals surface area contributed by atoms with Crippen molar-refractivity contribution in [2.45, 2.75) is 5.60 Å². The lowest BCUT2D eigenvalue weighted by Crippen LogP contribution is -2.33. The summed E-state index contributed by atoms with van der Waals surface area (Å²) >= 11 is 1.83. The molecule has 2 atom stereocenters. The van der Waals surface area contributed by atoms with Crippen molar-refractivity contribution in [1.29, 1.82) is 0 Å². The predicted molar refractivity (Wildman–Crippen MR) is 136 cm³/mol. The number of thioether (sulfide) groups is 2. The maximum Gasteiger partial charge on any atom is 0.373 e. The van der Waals surface area contributed by atoms with Gasteiger partial charge in [-0.05, 0) is 53.9 Å². The van der Waals surface area contributed by atoms with Crippen molar-refractivity contribution in [2.24, 2.45) is 5.73 Å². The van der Waals surface area contributed by atoms with Crippen LogP contribution < -0.4 is 19.9 Å². The summed E-state index contributed by atoms with van der Waals surface area (Å²) in [5.74, 6) is 0.792. The minimum Gasteiger partial charge on any atom is -0.456 e. The second kappa shape index (κ2) is 9.54. The van der Waals surface area contributed by atoms with E-state index in [0.717, 1.165) is 23.5 Å². The van der Waals surface area contributed by atoms with Crippen molar-refractivity contribution < 1.29 is 33.3 Å². The number of esters is 1. The van der Waals surface area contributed by atoms with E-state index in [2.05, 4.69) is 9.24 Å². The first-order valence-corrected chi connectivity index (χ1v) is 13.1. The van der Waals surface area contributed by atoms with E-state index < -0.39 is 22.2 Å². The second-order valence-electron chi connectivity index (χ2n) is 7.36. The molecule has 2 aliphatic rings. The van der Waals surface area contributed by atoms with Crippen molar-refractivity contribution in [3.05, 3.63) is 82.9 Å². The Morgan fingerprint density at radius 1 is 0.886 bits per heavy atom. The van der Waals surface area contributed by atoms with E-state index in [-0.39, 0.29) is 17.4 Å². The number of ether oxygens (including phenoxy) is 4. The Bertz CT molecular complexity index is 1290. The van der Waals surface area contributed by atoms with Gasteiger partial charge in [0.25, 0.3) is 0 Å². The molecule has 0 fully saturated rings. The van der Waals surface area contributed by atoms with Crippen LogP contribution in [0.25, 0.3) is 0 Å². The molecule has 0 saturated carbocycles. The molecule has 2 N–H and O–H groups in total. The van der Waals surface area contributed by atoms with Gasteiger partial charge in [0.15, 0.2) is 5.60 Å². The van der Waals surface area contributed by atoms with Crippen molar-refractivity contribution in [2.75, 3.05) is 11.4 Å². The molecule has 0 bridgehead atoms. The van der Waals surface area contributed by atoms with Crippen LogP contribution >= 0.6 is 32.8 Å². The lowest BCUT2D eigenvalue weighted by Gasteiger charge is -2.36. The molecular weight excluding hydrogens is 509 g/mol. The highest BCUT2D eigenvalue weighted by Crippen LogP contribution is 2.57. The van der Waals surface area contributed by atoms with Crippen LogP contribution in [0.2, 0.25) is 0 Å². The van der Waals surface area contributed by atoms with E-state index in [1.54, 1.807) is 48.5 Å². The monoisotopic (exact) mass is 527 g/mol. The molecule has 8 nitrogen and oxygen atoms in total. The fraction of sp³-hybridized carbons (Fsp3) is 0.125. The molecule has 0 amide bonds. The van der Waals surface area contributed by atoms with Gasteiger partial charge in [-0.3, -0.25) is 0 Å². The van der Waals surface area contributed by atoms with Crippen molar-refractivity contribution >= 4 is 49.3 Å². The summed E-state index contributed by atoms with van der Waals surface area (Å²) in [6, 6.07) is 16.9. The Morgan fingerprint density at radius 2 is 1.49 bits per heavy atom. The lowest BCUT2D eigenvalue weighted by molar-refractivity contribution is 0.0224. The molecule has 2 unspecified atom stereocenters. The van der Waals surface area contributed by atoms with Gasteiger partial charge in [0.05, 0.1) is 11.4 Å². The SMILES string of the molecule is NCSC(=O)Oc1ccc2c(c1)Oc1cc(OC(=O)SCP)ccc1C21OC(=O)c2ccccc21. The normalized spacial score (nSPS) is 17.0. The molecule has 178 valence electrons. The highest BCUT2D eigenvalue weighted by Gasteiger charge is 2.53. The number of carbonyl (C=O) groups excluding carboxylic acids is 3. The van der Waals surface area contributed by atoms with Crippen LogP contribution in [0, 0.1) is 0 Å². The number of nitrogens with two attached hydrogens (primary N) is 1. The average Bonchev–Trinajstić information content (AvgIpc) is 3.12. The zero-order valence-electron chi connectivity index (χ0n) is 18.0. The van der Waals surface area contributed by atoms with Crippen molar-refractivity contribution in [3.63, 3.8) is 0 Å². The fourth-order valence-electron chi connectivity index (χ4n) is 4.15. The number of fused-ring (bicyclic) bond motifs is 6. The van der Waals surface area contributed by atoms with E-state index in [1.165, 1.54) is 0 Å². The highest BCUT2D eigenvalue weighted by molar-refractivity contribution is 8.15. The van der Waals surface area contributed by atoms with Crippen LogP contribution in [0.1, 0.15) is 27.0 Å². The third kappa shape index (κ3) is 4.16. The molecule has 0 radical (unpaired) electrons. The smallest absolute Gasteiger partial charge is 0.373 e. The van der Waals surface area contributed by atoms with Crippen molar-refractivity contribution in [3.8, 4) is 23.0 Å². The molecule has 11 heteroatoms. The first kappa shape index (κ1) is 23.7. The molecule has 3 aromatic rings. The van der Waals surface area contributed by atoms with Gasteiger partial charge in [0.1, 0.15) is 23.0 Å². The first-order chi connectivity index (χ1) is 17.0. The van der Waals surface area contributed by atoms with Gasteiger partial charge in [0.2, 0.25) is 0 Å². The van der Waals surface area contributed by atoms with Crippen LogP contribution in [0.15, 0.2) is 60.7 Å². The summed E-state index contributed by atoms with van der Waals surface area (Å²) in [7, 11) is 2.44. The van der Waals surface area contributed by atoms with Crippen LogP contribution in [0.4, 0.5) is 9.59 Å². The second-order valence-corrected chi connectivity index (χ2v) is 10.3. The Kier molecular flexibility index (Phi) is 6.46. The summed E-state index contributed by atoms with van der Waals surface area (Å²) in [5.41, 5.74) is 6.84. The largest absolute Gasteiger partial charge is 0.456 e. The van der Waals surface area contributed by atoms with Gasteiger partial charge in [0, 0.05) is 34.3 Å². The average molecular weight is 528 g/mol. The predicted octanol–water partition coefficient (Wildman–Crippen LogP) is 5.47. The molecule has 1 spiro atoms. The van der Waals surface area contributed by atoms with E-state index in [4.69, 9.17) is 24.7 Å². The number of carbonyl (C=O) groups is 3. The molecule has 0 aliphatic carbocycles. The van der Waals surface area contributed by atoms with Crippen LogP contribution in [-0.2, 0) is 10.3 Å². The minimum atomic E-state index is -1.29. The zero-order valence-corrected chi connectivity index (χ0v) is 20.8. The Labute approximate surface area is 211 Å². The van der Waals surface area contributed by atoms with Crippen LogP contribution in [0.5, 0.6) is 23.0 Å². The maximum absolute atomic E-state index is 12.9. The third-order valence-electron chi connectivity index (χ3n) is 5.46. The minimum absolute atomic E-state index is 0.0833. The molecule has 2 heterocycles. The molecule has 2 aliphatic heterocycles. The lowest BCUT2D eigenvalue weighted by atomic mass is 9.77. The summed E-state index contributed by atoms with van der Waals surface area (Å²) in [6.07, 6.45) is 0. The van der Waals surface area contributed by atoms with Gasteiger partial charge in [-0.2, -0.15) is 0 Å². The first-order valence-electron chi connectivity index (χ1n) is 10.4. The van der Waals surface area contributed by atoms with Gasteiger partial charge in [-0.1, -0.05) is 18.2 Å². The van der Waals surface area contributed by atoms with E-state index >= 15 is 0 Å². The summed E-state index contributed by atoms with van der Waals surface area (Å²) < 4.78 is 23.0. The molecule has 0 aromatic heterocycles. The van der Waals surface area contributed by atoms with Crippen LogP contribution in [-0.4, -0.2) is 27.9 Å². The number of benzene rings is 3. The van der Waals surface area contributed by atoms with E-state index in [0.29, 0.717) is 39.2 Å². The maximum atomic E-state index is 12.9.